The summed E-state index contributed by atoms with van der Waals surface area (Å²) in [5, 5.41) is 8.21. The summed E-state index contributed by atoms with van der Waals surface area (Å²) in [5.74, 6) is -0.339. The van der Waals surface area contributed by atoms with Gasteiger partial charge in [0.05, 0.1) is 0 Å². The molecular weight excluding hydrogens is 204 g/mol. The van der Waals surface area contributed by atoms with Crippen LogP contribution < -0.4 is 9.47 Å². The van der Waals surface area contributed by atoms with Crippen molar-refractivity contribution >= 4 is 12.1 Å². The van der Waals surface area contributed by atoms with Crippen molar-refractivity contribution in [2.24, 2.45) is 0 Å². The highest BCUT2D eigenvalue weighted by Gasteiger charge is 2.33. The molecule has 0 fully saturated rings. The fraction of sp³-hybridized carbons (Fsp3) is 0.111. The quantitative estimate of drug-likeness (QED) is 0.550. The van der Waals surface area contributed by atoms with Crippen LogP contribution in [0.2, 0.25) is 0 Å². The molecular formula is C9H6O6. The predicted molar refractivity (Wildman–Crippen MR) is 45.6 cm³/mol. The molecule has 0 saturated carbocycles. The molecule has 0 aromatic heterocycles. The third-order valence-corrected chi connectivity index (χ3v) is 1.70. The van der Waals surface area contributed by atoms with Gasteiger partial charge in [0.15, 0.2) is 11.5 Å². The molecule has 78 valence electrons. The number of fused-ring (bicyclic) bond motifs is 1. The van der Waals surface area contributed by atoms with Crippen LogP contribution in [0.1, 0.15) is 0 Å². The number of rotatable bonds is 1. The van der Waals surface area contributed by atoms with Gasteiger partial charge in [-0.2, -0.15) is 0 Å². The lowest BCUT2D eigenvalue weighted by Gasteiger charge is -2.05. The Bertz CT molecular complexity index is 388. The molecule has 1 aromatic rings. The number of para-hydroxylation sites is 2. The van der Waals surface area contributed by atoms with Crippen LogP contribution in [0.4, 0.5) is 4.79 Å². The molecule has 15 heavy (non-hydrogen) atoms. The van der Waals surface area contributed by atoms with E-state index in [4.69, 9.17) is 14.6 Å². The monoisotopic (exact) mass is 210 g/mol. The fourth-order valence-corrected chi connectivity index (χ4v) is 1.13. The molecule has 0 bridgehead atoms. The van der Waals surface area contributed by atoms with Gasteiger partial charge in [0.25, 0.3) is 0 Å². The summed E-state index contributed by atoms with van der Waals surface area (Å²) in [7, 11) is 0. The molecule has 0 radical (unpaired) electrons. The molecule has 1 aliphatic heterocycles. The van der Waals surface area contributed by atoms with Crippen LogP contribution in [0.15, 0.2) is 24.3 Å². The van der Waals surface area contributed by atoms with E-state index in [9.17, 15) is 9.59 Å². The van der Waals surface area contributed by atoms with Crippen molar-refractivity contribution in [1.82, 2.24) is 0 Å². The second-order valence-electron chi connectivity index (χ2n) is 2.70. The third-order valence-electron chi connectivity index (χ3n) is 1.70. The Kier molecular flexibility index (Phi) is 2.17. The molecule has 2 rings (SSSR count). The van der Waals surface area contributed by atoms with Gasteiger partial charge in [0.2, 0.25) is 0 Å². The largest absolute Gasteiger partial charge is 0.513 e. The van der Waals surface area contributed by atoms with Gasteiger partial charge in [-0.25, -0.2) is 9.59 Å². The van der Waals surface area contributed by atoms with E-state index in [1.54, 1.807) is 24.3 Å². The summed E-state index contributed by atoms with van der Waals surface area (Å²) in [5.41, 5.74) is 0. The summed E-state index contributed by atoms with van der Waals surface area (Å²) in [6.07, 6.45) is -3.04. The predicted octanol–water partition coefficient (Wildman–Crippen LogP) is 1.01. The van der Waals surface area contributed by atoms with E-state index in [0.717, 1.165) is 0 Å². The zero-order valence-electron chi connectivity index (χ0n) is 7.38. The van der Waals surface area contributed by atoms with Gasteiger partial charge in [-0.1, -0.05) is 12.1 Å². The van der Waals surface area contributed by atoms with E-state index in [-0.39, 0.29) is 0 Å². The van der Waals surface area contributed by atoms with Crippen LogP contribution in [0.5, 0.6) is 11.5 Å². The topological polar surface area (TPSA) is 82.1 Å². The van der Waals surface area contributed by atoms with E-state index in [0.29, 0.717) is 11.5 Å². The van der Waals surface area contributed by atoms with Gasteiger partial charge in [0, 0.05) is 0 Å². The lowest BCUT2D eigenvalue weighted by atomic mass is 10.3. The first kappa shape index (κ1) is 9.32. The van der Waals surface area contributed by atoms with Crippen molar-refractivity contribution in [2.45, 2.75) is 6.29 Å². The van der Waals surface area contributed by atoms with E-state index in [1.807, 2.05) is 0 Å². The summed E-state index contributed by atoms with van der Waals surface area (Å²) in [4.78, 5) is 21.2. The molecule has 6 heteroatoms. The van der Waals surface area contributed by atoms with E-state index in [1.165, 1.54) is 0 Å². The van der Waals surface area contributed by atoms with Gasteiger partial charge in [0.1, 0.15) is 0 Å². The number of esters is 1. The second kappa shape index (κ2) is 3.49. The molecule has 0 atom stereocenters. The molecule has 1 aliphatic rings. The van der Waals surface area contributed by atoms with E-state index < -0.39 is 18.4 Å². The number of hydrogen-bond acceptors (Lipinski definition) is 5. The molecule has 0 saturated heterocycles. The molecule has 1 N–H and O–H groups in total. The SMILES string of the molecule is O=C(O)OC(=O)C1Oc2ccccc2O1. The minimum absolute atomic E-state index is 0.379. The molecule has 0 amide bonds. The minimum Gasteiger partial charge on any atom is -0.449 e. The molecule has 0 unspecified atom stereocenters. The van der Waals surface area contributed by atoms with Crippen molar-refractivity contribution in [1.29, 1.82) is 0 Å². The lowest BCUT2D eigenvalue weighted by molar-refractivity contribution is -0.156. The Morgan fingerprint density at radius 2 is 1.73 bits per heavy atom. The molecule has 1 heterocycles. The highest BCUT2D eigenvalue weighted by molar-refractivity contribution is 5.84. The zero-order valence-corrected chi connectivity index (χ0v) is 7.38. The number of ether oxygens (including phenoxy) is 3. The maximum atomic E-state index is 11.1. The Balaban J connectivity index is 2.07. The van der Waals surface area contributed by atoms with Crippen LogP contribution in [-0.4, -0.2) is 23.5 Å². The highest BCUT2D eigenvalue weighted by Crippen LogP contribution is 2.34. The van der Waals surface area contributed by atoms with Crippen LogP contribution in [0.3, 0.4) is 0 Å². The second-order valence-corrected chi connectivity index (χ2v) is 2.70. The molecule has 0 aliphatic carbocycles. The van der Waals surface area contributed by atoms with Gasteiger partial charge in [-0.3, -0.25) is 0 Å². The Labute approximate surface area is 84.0 Å². The van der Waals surface area contributed by atoms with E-state index >= 15 is 0 Å². The van der Waals surface area contributed by atoms with Crippen LogP contribution in [0, 0.1) is 0 Å². The minimum atomic E-state index is -1.69. The Morgan fingerprint density at radius 1 is 1.20 bits per heavy atom. The summed E-state index contributed by atoms with van der Waals surface area (Å²) in [6, 6.07) is 6.60. The number of hydrogen-bond donors (Lipinski definition) is 1. The lowest BCUT2D eigenvalue weighted by Crippen LogP contribution is -2.32. The zero-order chi connectivity index (χ0) is 10.8. The normalized spacial score (nSPS) is 13.6. The summed E-state index contributed by atoms with van der Waals surface area (Å²) in [6.45, 7) is 0. The first-order valence-electron chi connectivity index (χ1n) is 4.04. The third kappa shape index (κ3) is 1.83. The Hall–Kier alpha value is -2.24. The van der Waals surface area contributed by atoms with Crippen LogP contribution in [0.25, 0.3) is 0 Å². The highest BCUT2D eigenvalue weighted by atomic mass is 16.8. The first-order valence-corrected chi connectivity index (χ1v) is 4.04. The van der Waals surface area contributed by atoms with Gasteiger partial charge in [-0.05, 0) is 12.1 Å². The maximum absolute atomic E-state index is 11.1. The average molecular weight is 210 g/mol. The van der Waals surface area contributed by atoms with Crippen molar-refractivity contribution in [3.05, 3.63) is 24.3 Å². The number of carbonyl (C=O) groups is 2. The average Bonchev–Trinajstić information content (AvgIpc) is 2.59. The molecule has 1 aromatic carbocycles. The standard InChI is InChI=1S/C9H6O6/c10-7(15-9(11)12)8-13-5-3-1-2-4-6(5)14-8/h1-4,8H,(H,11,12). The van der Waals surface area contributed by atoms with Crippen LogP contribution in [-0.2, 0) is 9.53 Å². The summed E-state index contributed by atoms with van der Waals surface area (Å²) >= 11 is 0. The van der Waals surface area contributed by atoms with Crippen molar-refractivity contribution in [2.75, 3.05) is 0 Å². The maximum Gasteiger partial charge on any atom is 0.513 e. The summed E-state index contributed by atoms with van der Waals surface area (Å²) < 4.78 is 13.9. The molecule has 6 nitrogen and oxygen atoms in total. The van der Waals surface area contributed by atoms with Gasteiger partial charge >= 0.3 is 18.4 Å². The van der Waals surface area contributed by atoms with Crippen molar-refractivity contribution < 1.29 is 28.9 Å². The first-order chi connectivity index (χ1) is 7.16. The van der Waals surface area contributed by atoms with Crippen LogP contribution >= 0.6 is 0 Å². The fourth-order valence-electron chi connectivity index (χ4n) is 1.13. The number of benzene rings is 1. The Morgan fingerprint density at radius 3 is 2.20 bits per heavy atom. The van der Waals surface area contributed by atoms with Crippen molar-refractivity contribution in [3.63, 3.8) is 0 Å². The van der Waals surface area contributed by atoms with E-state index in [2.05, 4.69) is 4.74 Å². The van der Waals surface area contributed by atoms with Crippen molar-refractivity contribution in [3.8, 4) is 11.5 Å². The van der Waals surface area contributed by atoms with Gasteiger partial charge < -0.3 is 19.3 Å². The number of carboxylic acid groups (broad SMARTS) is 1. The van der Waals surface area contributed by atoms with Gasteiger partial charge in [-0.15, -0.1) is 0 Å². The smallest absolute Gasteiger partial charge is 0.449 e. The number of carbonyl (C=O) groups excluding carboxylic acids is 1. The molecule has 0 spiro atoms.